The van der Waals surface area contributed by atoms with Crippen LogP contribution in [-0.4, -0.2) is 10.2 Å². The van der Waals surface area contributed by atoms with E-state index in [1.807, 2.05) is 5.10 Å². The second kappa shape index (κ2) is 4.67. The van der Waals surface area contributed by atoms with E-state index < -0.39 is 5.76 Å². The van der Waals surface area contributed by atoms with Gasteiger partial charge in [-0.1, -0.05) is 0 Å². The van der Waals surface area contributed by atoms with Gasteiger partial charge >= 0.3 is 5.76 Å². The first kappa shape index (κ1) is 10.5. The smallest absolute Gasteiger partial charge is 0.395 e. The van der Waals surface area contributed by atoms with Crippen molar-refractivity contribution in [1.82, 2.24) is 10.2 Å². The molecule has 1 N–H and O–H groups in total. The van der Waals surface area contributed by atoms with Crippen LogP contribution in [0.1, 0.15) is 0 Å². The van der Waals surface area contributed by atoms with Crippen LogP contribution in [0.25, 0.3) is 0 Å². The first-order valence-electron chi connectivity index (χ1n) is 1.38. The van der Waals surface area contributed by atoms with Gasteiger partial charge < -0.3 is 4.42 Å². The Morgan fingerprint density at radius 2 is 2.25 bits per heavy atom. The monoisotopic (exact) mass is 158 g/mol. The summed E-state index contributed by atoms with van der Waals surface area (Å²) in [6, 6.07) is 0. The molecule has 0 atom stereocenters. The highest BCUT2D eigenvalue weighted by molar-refractivity contribution is 5.85. The van der Waals surface area contributed by atoms with Crippen LogP contribution in [0, 0.1) is 0 Å². The molecule has 1 heterocycles. The van der Waals surface area contributed by atoms with Gasteiger partial charge in [-0.25, -0.2) is 9.89 Å². The van der Waals surface area contributed by atoms with Crippen LogP contribution in [0.2, 0.25) is 0 Å². The van der Waals surface area contributed by atoms with Crippen molar-refractivity contribution < 1.29 is 4.42 Å². The number of hydrogen-bond donors (Lipinski definition) is 1. The van der Waals surface area contributed by atoms with Crippen molar-refractivity contribution in [3.05, 3.63) is 16.9 Å². The Morgan fingerprint density at radius 3 is 2.38 bits per heavy atom. The second-order valence-corrected chi connectivity index (χ2v) is 0.752. The van der Waals surface area contributed by atoms with Crippen molar-refractivity contribution in [3.63, 3.8) is 0 Å². The number of nitrogens with one attached hydrogen (secondary N) is 1. The van der Waals surface area contributed by atoms with Gasteiger partial charge in [0, 0.05) is 0 Å². The van der Waals surface area contributed by atoms with E-state index in [9.17, 15) is 4.79 Å². The van der Waals surface area contributed by atoms with Crippen molar-refractivity contribution in [2.24, 2.45) is 0 Å². The van der Waals surface area contributed by atoms with Gasteiger partial charge in [0.15, 0.2) is 0 Å². The quantitative estimate of drug-likeness (QED) is 0.588. The van der Waals surface area contributed by atoms with Gasteiger partial charge in [0.2, 0.25) is 6.39 Å². The first-order valence-corrected chi connectivity index (χ1v) is 1.38. The number of halogens is 2. The highest BCUT2D eigenvalue weighted by Crippen LogP contribution is 1.53. The van der Waals surface area contributed by atoms with Crippen LogP contribution in [-0.2, 0) is 0 Å². The fraction of sp³-hybridized carbons (Fsp3) is 0. The maximum Gasteiger partial charge on any atom is 0.434 e. The van der Waals surface area contributed by atoms with Crippen LogP contribution in [0.5, 0.6) is 0 Å². The van der Waals surface area contributed by atoms with E-state index in [0.29, 0.717) is 0 Å². The van der Waals surface area contributed by atoms with Crippen LogP contribution >= 0.6 is 24.8 Å². The number of aromatic amines is 1. The van der Waals surface area contributed by atoms with Crippen molar-refractivity contribution in [2.75, 3.05) is 0 Å². The first-order chi connectivity index (χ1) is 2.89. The maximum atomic E-state index is 9.78. The molecular weight excluding hydrogens is 155 g/mol. The van der Waals surface area contributed by atoms with Crippen LogP contribution in [0.3, 0.4) is 0 Å². The summed E-state index contributed by atoms with van der Waals surface area (Å²) in [4.78, 5) is 9.78. The third-order valence-electron chi connectivity index (χ3n) is 0.368. The minimum Gasteiger partial charge on any atom is -0.395 e. The molecule has 1 rings (SSSR count). The molecule has 0 unspecified atom stereocenters. The third kappa shape index (κ3) is 2.65. The van der Waals surface area contributed by atoms with Gasteiger partial charge in [0.1, 0.15) is 0 Å². The Kier molecular flexibility index (Phi) is 6.13. The van der Waals surface area contributed by atoms with Crippen molar-refractivity contribution in [1.29, 1.82) is 0 Å². The fourth-order valence-corrected chi connectivity index (χ4v) is 0.180. The molecule has 0 fully saturated rings. The lowest BCUT2D eigenvalue weighted by atomic mass is 11.4. The van der Waals surface area contributed by atoms with E-state index in [0.717, 1.165) is 6.39 Å². The molecule has 1 aromatic rings. The number of nitrogens with zero attached hydrogens (tertiary/aromatic N) is 1. The summed E-state index contributed by atoms with van der Waals surface area (Å²) in [5.41, 5.74) is 0. The molecule has 0 saturated heterocycles. The lowest BCUT2D eigenvalue weighted by Gasteiger charge is -1.48. The Hall–Kier alpha value is -0.480. The standard InChI is InChI=1S/C2H2N2O2.2ClH/c5-2-4-3-1-6-2;;/h1H,(H,4,5);2*1H. The minimum absolute atomic E-state index is 0. The van der Waals surface area contributed by atoms with E-state index in [4.69, 9.17) is 0 Å². The summed E-state index contributed by atoms with van der Waals surface area (Å²) >= 11 is 0. The Balaban J connectivity index is 0. The Morgan fingerprint density at radius 1 is 1.62 bits per heavy atom. The SMILES string of the molecule is Cl.Cl.O=c1[nH]nco1. The molecule has 0 bridgehead atoms. The largest absolute Gasteiger partial charge is 0.434 e. The predicted molar refractivity (Wildman–Crippen MR) is 31.6 cm³/mol. The maximum absolute atomic E-state index is 9.78. The van der Waals surface area contributed by atoms with E-state index in [-0.39, 0.29) is 24.8 Å². The van der Waals surface area contributed by atoms with Gasteiger partial charge in [-0.3, -0.25) is 0 Å². The average molecular weight is 159 g/mol. The van der Waals surface area contributed by atoms with Crippen molar-refractivity contribution in [3.8, 4) is 0 Å². The topological polar surface area (TPSA) is 58.9 Å². The van der Waals surface area contributed by atoms with Crippen LogP contribution in [0.4, 0.5) is 0 Å². The molecule has 48 valence electrons. The molecule has 6 heteroatoms. The number of H-pyrrole nitrogens is 1. The molecule has 4 nitrogen and oxygen atoms in total. The molecule has 0 aromatic carbocycles. The fourth-order valence-electron chi connectivity index (χ4n) is 0.180. The molecule has 0 amide bonds. The lowest BCUT2D eigenvalue weighted by Crippen LogP contribution is -1.93. The van der Waals surface area contributed by atoms with Gasteiger partial charge in [0.05, 0.1) is 0 Å². The molecule has 0 radical (unpaired) electrons. The molecule has 0 saturated carbocycles. The molecule has 0 aliphatic heterocycles. The molecule has 0 aliphatic rings. The second-order valence-electron chi connectivity index (χ2n) is 0.752. The summed E-state index contributed by atoms with van der Waals surface area (Å²) in [5, 5.41) is 5.25. The van der Waals surface area contributed by atoms with E-state index in [1.54, 1.807) is 0 Å². The van der Waals surface area contributed by atoms with Gasteiger partial charge in [-0.05, 0) is 0 Å². The zero-order valence-corrected chi connectivity index (χ0v) is 5.29. The summed E-state index contributed by atoms with van der Waals surface area (Å²) in [5.74, 6) is -0.519. The summed E-state index contributed by atoms with van der Waals surface area (Å²) in [7, 11) is 0. The average Bonchev–Trinajstić information content (AvgIpc) is 1.86. The minimum atomic E-state index is -0.519. The summed E-state index contributed by atoms with van der Waals surface area (Å²) in [6.45, 7) is 0. The molecule has 1 aromatic heterocycles. The molecule has 0 spiro atoms. The zero-order valence-electron chi connectivity index (χ0n) is 3.66. The Bertz CT molecular complexity index is 154. The zero-order chi connectivity index (χ0) is 4.41. The van der Waals surface area contributed by atoms with E-state index in [1.165, 1.54) is 0 Å². The summed E-state index contributed by atoms with van der Waals surface area (Å²) in [6.07, 6.45) is 1.04. The van der Waals surface area contributed by atoms with Crippen molar-refractivity contribution >= 4 is 24.8 Å². The molecule has 0 aliphatic carbocycles. The van der Waals surface area contributed by atoms with Crippen LogP contribution in [0.15, 0.2) is 15.6 Å². The highest BCUT2D eigenvalue weighted by atomic mass is 35.5. The third-order valence-corrected chi connectivity index (χ3v) is 0.368. The molecule has 8 heavy (non-hydrogen) atoms. The normalized spacial score (nSPS) is 6.50. The highest BCUT2D eigenvalue weighted by Gasteiger charge is 1.74. The van der Waals surface area contributed by atoms with Gasteiger partial charge in [0.25, 0.3) is 0 Å². The van der Waals surface area contributed by atoms with Gasteiger partial charge in [-0.15, -0.1) is 29.9 Å². The number of aromatic nitrogens is 2. The van der Waals surface area contributed by atoms with E-state index in [2.05, 4.69) is 9.52 Å². The lowest BCUT2D eigenvalue weighted by molar-refractivity contribution is 0.513. The molecular formula is C2H4Cl2N2O2. The number of hydrogen-bond acceptors (Lipinski definition) is 3. The summed E-state index contributed by atoms with van der Waals surface area (Å²) < 4.78 is 4.11. The Labute approximate surface area is 57.1 Å². The van der Waals surface area contributed by atoms with Crippen LogP contribution < -0.4 is 5.76 Å². The predicted octanol–water partition coefficient (Wildman–Crippen LogP) is 0.207. The van der Waals surface area contributed by atoms with Gasteiger partial charge in [-0.2, -0.15) is 0 Å². The number of rotatable bonds is 0. The van der Waals surface area contributed by atoms with E-state index >= 15 is 0 Å². The van der Waals surface area contributed by atoms with Crippen molar-refractivity contribution in [2.45, 2.75) is 0 Å².